The first kappa shape index (κ1) is 15.9. The molecule has 3 aromatic rings. The van der Waals surface area contributed by atoms with Crippen molar-refractivity contribution in [2.75, 3.05) is 12.4 Å². The van der Waals surface area contributed by atoms with Gasteiger partial charge < -0.3 is 19.6 Å². The lowest BCUT2D eigenvalue weighted by atomic mass is 10.2. The summed E-state index contributed by atoms with van der Waals surface area (Å²) in [5, 5.41) is 3.81. The Morgan fingerprint density at radius 1 is 1.29 bits per heavy atom. The zero-order valence-corrected chi connectivity index (χ0v) is 13.8. The number of nitrogens with one attached hydrogen (secondary N) is 2. The van der Waals surface area contributed by atoms with Crippen LogP contribution in [0, 0.1) is 0 Å². The number of methoxy groups -OCH3 is 1. The summed E-state index contributed by atoms with van der Waals surface area (Å²) in [5.41, 5.74) is 1.59. The first-order valence-corrected chi connectivity index (χ1v) is 7.69. The molecule has 0 radical (unpaired) electrons. The quantitative estimate of drug-likeness (QED) is 0.773. The van der Waals surface area contributed by atoms with E-state index in [4.69, 9.17) is 4.74 Å². The molecule has 1 amide bonds. The largest absolute Gasteiger partial charge is 0.491 e. The van der Waals surface area contributed by atoms with Gasteiger partial charge in [-0.05, 0) is 32.0 Å². The van der Waals surface area contributed by atoms with Crippen LogP contribution < -0.4 is 15.5 Å². The van der Waals surface area contributed by atoms with Crippen molar-refractivity contribution < 1.29 is 9.53 Å². The summed E-state index contributed by atoms with van der Waals surface area (Å²) in [6, 6.07) is 9.28. The highest BCUT2D eigenvalue weighted by Crippen LogP contribution is 2.27. The maximum absolute atomic E-state index is 12.4. The van der Waals surface area contributed by atoms with Gasteiger partial charge in [0.05, 0.1) is 18.3 Å². The van der Waals surface area contributed by atoms with Gasteiger partial charge in [0.2, 0.25) is 5.43 Å². The van der Waals surface area contributed by atoms with Crippen molar-refractivity contribution in [3.63, 3.8) is 0 Å². The second-order valence-electron chi connectivity index (χ2n) is 5.79. The average Bonchev–Trinajstić information content (AvgIpc) is 3.00. The molecule has 2 N–H and O–H groups in total. The summed E-state index contributed by atoms with van der Waals surface area (Å²) < 4.78 is 7.04. The number of pyridine rings is 1. The third kappa shape index (κ3) is 2.78. The van der Waals surface area contributed by atoms with Gasteiger partial charge in [-0.2, -0.15) is 0 Å². The second-order valence-corrected chi connectivity index (χ2v) is 5.79. The molecule has 2 aromatic heterocycles. The van der Waals surface area contributed by atoms with Gasteiger partial charge in [0.1, 0.15) is 5.69 Å². The molecule has 0 saturated carbocycles. The topological polar surface area (TPSA) is 76.1 Å². The number of aromatic nitrogens is 2. The van der Waals surface area contributed by atoms with E-state index in [1.165, 1.54) is 19.4 Å². The molecule has 0 aliphatic rings. The SMILES string of the molecule is COc1c[nH]c(C(=O)Nc2cccc3c2ccn3C(C)C)cc1=O. The normalized spacial score (nSPS) is 11.0. The van der Waals surface area contributed by atoms with E-state index in [9.17, 15) is 9.59 Å². The van der Waals surface area contributed by atoms with Gasteiger partial charge in [0, 0.05) is 29.9 Å². The number of benzene rings is 1. The Bertz CT molecular complexity index is 954. The van der Waals surface area contributed by atoms with E-state index in [0.29, 0.717) is 11.7 Å². The lowest BCUT2D eigenvalue weighted by Gasteiger charge is -2.11. The van der Waals surface area contributed by atoms with E-state index in [1.54, 1.807) is 0 Å². The highest BCUT2D eigenvalue weighted by molar-refractivity contribution is 6.08. The van der Waals surface area contributed by atoms with Gasteiger partial charge in [-0.25, -0.2) is 0 Å². The van der Waals surface area contributed by atoms with E-state index in [2.05, 4.69) is 28.7 Å². The minimum absolute atomic E-state index is 0.169. The smallest absolute Gasteiger partial charge is 0.272 e. The molecular formula is C18H19N3O3. The fourth-order valence-corrected chi connectivity index (χ4v) is 2.69. The van der Waals surface area contributed by atoms with Crippen molar-refractivity contribution in [3.05, 3.63) is 58.6 Å². The van der Waals surface area contributed by atoms with E-state index >= 15 is 0 Å². The molecule has 0 fully saturated rings. The van der Waals surface area contributed by atoms with Crippen LogP contribution in [-0.2, 0) is 0 Å². The summed E-state index contributed by atoms with van der Waals surface area (Å²) >= 11 is 0. The predicted octanol–water partition coefficient (Wildman–Crippen LogP) is 3.17. The summed E-state index contributed by atoms with van der Waals surface area (Å²) in [5.74, 6) is -0.206. The summed E-state index contributed by atoms with van der Waals surface area (Å²) in [4.78, 5) is 27.0. The van der Waals surface area contributed by atoms with Gasteiger partial charge in [0.15, 0.2) is 5.75 Å². The molecule has 0 bridgehead atoms. The number of amides is 1. The van der Waals surface area contributed by atoms with E-state index in [0.717, 1.165) is 10.9 Å². The maximum atomic E-state index is 12.4. The lowest BCUT2D eigenvalue weighted by Crippen LogP contribution is -2.17. The molecule has 3 rings (SSSR count). The van der Waals surface area contributed by atoms with Crippen molar-refractivity contribution in [3.8, 4) is 5.75 Å². The van der Waals surface area contributed by atoms with Crippen LogP contribution in [0.25, 0.3) is 10.9 Å². The average molecular weight is 325 g/mol. The second kappa shape index (κ2) is 6.23. The number of carbonyl (C=O) groups is 1. The molecule has 0 unspecified atom stereocenters. The van der Waals surface area contributed by atoms with Crippen LogP contribution >= 0.6 is 0 Å². The third-order valence-corrected chi connectivity index (χ3v) is 3.91. The van der Waals surface area contributed by atoms with Gasteiger partial charge in [-0.15, -0.1) is 0 Å². The maximum Gasteiger partial charge on any atom is 0.272 e. The Kier molecular flexibility index (Phi) is 4.12. The fourth-order valence-electron chi connectivity index (χ4n) is 2.69. The molecule has 6 heteroatoms. The number of H-pyrrole nitrogens is 1. The zero-order valence-electron chi connectivity index (χ0n) is 13.8. The Morgan fingerprint density at radius 2 is 2.08 bits per heavy atom. The minimum atomic E-state index is -0.375. The number of carbonyl (C=O) groups excluding carboxylic acids is 1. The van der Waals surface area contributed by atoms with Crippen LogP contribution in [0.3, 0.4) is 0 Å². The number of fused-ring (bicyclic) bond motifs is 1. The Morgan fingerprint density at radius 3 is 2.75 bits per heavy atom. The number of anilines is 1. The monoisotopic (exact) mass is 325 g/mol. The van der Waals surface area contributed by atoms with Crippen molar-refractivity contribution in [1.82, 2.24) is 9.55 Å². The van der Waals surface area contributed by atoms with Crippen molar-refractivity contribution >= 4 is 22.5 Å². The summed E-state index contributed by atoms with van der Waals surface area (Å²) in [6.07, 6.45) is 3.38. The lowest BCUT2D eigenvalue weighted by molar-refractivity contribution is 0.102. The molecular weight excluding hydrogens is 306 g/mol. The number of nitrogens with zero attached hydrogens (tertiary/aromatic N) is 1. The molecule has 0 saturated heterocycles. The first-order valence-electron chi connectivity index (χ1n) is 7.69. The van der Waals surface area contributed by atoms with Crippen LogP contribution in [0.15, 0.2) is 47.5 Å². The Hall–Kier alpha value is -3.02. The first-order chi connectivity index (χ1) is 11.5. The molecule has 2 heterocycles. The molecule has 1 aromatic carbocycles. The molecule has 0 spiro atoms. The number of rotatable bonds is 4. The zero-order chi connectivity index (χ0) is 17.3. The van der Waals surface area contributed by atoms with Gasteiger partial charge in [-0.3, -0.25) is 9.59 Å². The standard InChI is InChI=1S/C18H19N3O3/c1-11(2)21-8-7-12-13(5-4-6-15(12)21)20-18(23)14-9-16(22)17(24-3)10-19-14/h4-11H,1-3H3,(H,19,22)(H,20,23). The molecule has 24 heavy (non-hydrogen) atoms. The third-order valence-electron chi connectivity index (χ3n) is 3.91. The molecule has 0 aliphatic heterocycles. The summed E-state index contributed by atoms with van der Waals surface area (Å²) in [6.45, 7) is 4.21. The molecule has 0 atom stereocenters. The fraction of sp³-hybridized carbons (Fsp3) is 0.222. The molecule has 124 valence electrons. The predicted molar refractivity (Wildman–Crippen MR) is 93.9 cm³/mol. The number of hydrogen-bond acceptors (Lipinski definition) is 3. The van der Waals surface area contributed by atoms with Crippen molar-refractivity contribution in [2.45, 2.75) is 19.9 Å². The van der Waals surface area contributed by atoms with E-state index in [-0.39, 0.29) is 22.8 Å². The van der Waals surface area contributed by atoms with Gasteiger partial charge >= 0.3 is 0 Å². The van der Waals surface area contributed by atoms with Gasteiger partial charge in [-0.1, -0.05) is 6.07 Å². The Balaban J connectivity index is 1.94. The van der Waals surface area contributed by atoms with Crippen LogP contribution in [0.2, 0.25) is 0 Å². The highest BCUT2D eigenvalue weighted by atomic mass is 16.5. The van der Waals surface area contributed by atoms with E-state index < -0.39 is 0 Å². The number of hydrogen-bond donors (Lipinski definition) is 2. The van der Waals surface area contributed by atoms with Gasteiger partial charge in [0.25, 0.3) is 5.91 Å². The molecule has 6 nitrogen and oxygen atoms in total. The minimum Gasteiger partial charge on any atom is -0.491 e. The van der Waals surface area contributed by atoms with Crippen LogP contribution in [0.1, 0.15) is 30.4 Å². The van der Waals surface area contributed by atoms with E-state index in [1.807, 2.05) is 30.5 Å². The van der Waals surface area contributed by atoms with Crippen molar-refractivity contribution in [1.29, 1.82) is 0 Å². The Labute approximate surface area is 139 Å². The highest BCUT2D eigenvalue weighted by Gasteiger charge is 2.13. The van der Waals surface area contributed by atoms with Crippen molar-refractivity contribution in [2.24, 2.45) is 0 Å². The van der Waals surface area contributed by atoms with Crippen LogP contribution in [0.5, 0.6) is 5.75 Å². The van der Waals surface area contributed by atoms with Crippen LogP contribution in [-0.4, -0.2) is 22.6 Å². The number of aromatic amines is 1. The number of ether oxygens (including phenoxy) is 1. The molecule has 0 aliphatic carbocycles. The summed E-state index contributed by atoms with van der Waals surface area (Å²) in [7, 11) is 1.41. The van der Waals surface area contributed by atoms with Crippen LogP contribution in [0.4, 0.5) is 5.69 Å².